The summed E-state index contributed by atoms with van der Waals surface area (Å²) in [5.41, 5.74) is 0.930. The van der Waals surface area contributed by atoms with E-state index in [1.54, 1.807) is 39.0 Å². The van der Waals surface area contributed by atoms with Gasteiger partial charge in [0.05, 0.1) is 13.2 Å². The van der Waals surface area contributed by atoms with E-state index in [1.807, 2.05) is 6.07 Å². The maximum atomic E-state index is 13.5. The highest BCUT2D eigenvalue weighted by Gasteiger charge is 2.59. The lowest BCUT2D eigenvalue weighted by atomic mass is 10.1. The molecule has 0 saturated carbocycles. The van der Waals surface area contributed by atoms with E-state index in [2.05, 4.69) is 0 Å². The van der Waals surface area contributed by atoms with E-state index in [0.29, 0.717) is 0 Å². The summed E-state index contributed by atoms with van der Waals surface area (Å²) in [5, 5.41) is 7.60. The van der Waals surface area contributed by atoms with Crippen LogP contribution in [0.5, 0.6) is 0 Å². The molecule has 1 atom stereocenters. The second-order valence-corrected chi connectivity index (χ2v) is 8.81. The first-order valence-corrected chi connectivity index (χ1v) is 10.6. The molecule has 0 bridgehead atoms. The van der Waals surface area contributed by atoms with Gasteiger partial charge in [0.1, 0.15) is 6.07 Å². The molecule has 0 spiro atoms. The van der Waals surface area contributed by atoms with Crippen LogP contribution < -0.4 is 0 Å². The summed E-state index contributed by atoms with van der Waals surface area (Å²) in [6, 6.07) is 8.34. The van der Waals surface area contributed by atoms with Gasteiger partial charge in [0.15, 0.2) is 0 Å². The van der Waals surface area contributed by atoms with Gasteiger partial charge in [-0.25, -0.2) is 9.09 Å². The van der Waals surface area contributed by atoms with Crippen molar-refractivity contribution in [1.82, 2.24) is 0 Å². The zero-order valence-electron chi connectivity index (χ0n) is 14.9. The van der Waals surface area contributed by atoms with Crippen LogP contribution >= 0.6 is 15.4 Å². The number of nitrogens with zero attached hydrogens (tertiary/aromatic N) is 1. The number of aryl methyl sites for hydroxylation is 1. The molecule has 1 unspecified atom stereocenters. The first-order valence-electron chi connectivity index (χ1n) is 7.56. The summed E-state index contributed by atoms with van der Waals surface area (Å²) in [7, 11) is -6.25. The predicted octanol–water partition coefficient (Wildman–Crippen LogP) is 4.36. The van der Waals surface area contributed by atoms with Crippen molar-refractivity contribution < 1.29 is 31.7 Å². The Labute approximate surface area is 148 Å². The third-order valence-corrected chi connectivity index (χ3v) is 7.19. The van der Waals surface area contributed by atoms with Crippen LogP contribution in [0.1, 0.15) is 25.0 Å². The Morgan fingerprint density at radius 2 is 1.68 bits per heavy atom. The number of nitriles is 1. The number of phosphoric acid groups is 1. The minimum absolute atomic E-state index is 0.0137. The number of hydrogen-bond donors (Lipinski definition) is 0. The molecule has 1 aromatic rings. The number of phosphoric ester groups is 1. The minimum Gasteiger partial charge on any atom is -0.306 e. The van der Waals surface area contributed by atoms with E-state index >= 15 is 0 Å². The topological polar surface area (TPSA) is 104 Å². The molecule has 0 aliphatic rings. The smallest absolute Gasteiger partial charge is 0.306 e. The molecule has 1 aromatic carbocycles. The molecule has 0 heterocycles. The van der Waals surface area contributed by atoms with Crippen LogP contribution in [0.4, 0.5) is 0 Å². The van der Waals surface area contributed by atoms with Crippen molar-refractivity contribution >= 4 is 15.4 Å². The molecule has 8 nitrogen and oxygen atoms in total. The van der Waals surface area contributed by atoms with Crippen molar-refractivity contribution in [3.8, 4) is 6.07 Å². The van der Waals surface area contributed by atoms with E-state index in [4.69, 9.17) is 22.6 Å². The fourth-order valence-corrected chi connectivity index (χ4v) is 5.30. The van der Waals surface area contributed by atoms with Crippen LogP contribution in [-0.4, -0.2) is 27.4 Å². The van der Waals surface area contributed by atoms with Gasteiger partial charge in [-0.2, -0.15) is 5.26 Å². The van der Waals surface area contributed by atoms with Crippen LogP contribution in [0.2, 0.25) is 0 Å². The van der Waals surface area contributed by atoms with E-state index < -0.39 is 20.8 Å². The zero-order valence-corrected chi connectivity index (χ0v) is 16.7. The van der Waals surface area contributed by atoms with E-state index in [0.717, 1.165) is 19.8 Å². The SMILES string of the molecule is CCOP(=O)(OCC)C(C#N)(OP(=O)(OC)OC)c1cccc(C)c1. The highest BCUT2D eigenvalue weighted by Crippen LogP contribution is 2.70. The summed E-state index contributed by atoms with van der Waals surface area (Å²) in [6.45, 7) is 4.94. The van der Waals surface area contributed by atoms with Crippen molar-refractivity contribution in [1.29, 1.82) is 5.26 Å². The first kappa shape index (κ1) is 22.0. The van der Waals surface area contributed by atoms with Gasteiger partial charge in [0, 0.05) is 19.8 Å². The Bertz CT molecular complexity index is 700. The molecule has 10 heteroatoms. The molecule has 0 fully saturated rings. The van der Waals surface area contributed by atoms with Gasteiger partial charge in [-0.3, -0.25) is 13.6 Å². The normalized spacial score (nSPS) is 14.7. The molecule has 25 heavy (non-hydrogen) atoms. The predicted molar refractivity (Wildman–Crippen MR) is 92.0 cm³/mol. The van der Waals surface area contributed by atoms with Crippen LogP contribution in [0.25, 0.3) is 0 Å². The summed E-state index contributed by atoms with van der Waals surface area (Å²) >= 11 is 0. The van der Waals surface area contributed by atoms with Crippen LogP contribution in [0.3, 0.4) is 0 Å². The molecule has 0 amide bonds. The second-order valence-electron chi connectivity index (χ2n) is 4.86. The molecule has 0 saturated heterocycles. The van der Waals surface area contributed by atoms with Gasteiger partial charge in [-0.15, -0.1) is 0 Å². The summed E-state index contributed by atoms with van der Waals surface area (Å²) in [5.74, 6) is 0. The molecule has 0 N–H and O–H groups in total. The molecule has 0 radical (unpaired) electrons. The van der Waals surface area contributed by atoms with Gasteiger partial charge in [0.25, 0.3) is 5.34 Å². The molecule has 0 aliphatic heterocycles. The van der Waals surface area contributed by atoms with Crippen molar-refractivity contribution in [2.45, 2.75) is 26.1 Å². The summed E-state index contributed by atoms with van der Waals surface area (Å²) in [4.78, 5) is 0. The fourth-order valence-electron chi connectivity index (χ4n) is 2.13. The highest BCUT2D eigenvalue weighted by molar-refractivity contribution is 7.56. The summed E-state index contributed by atoms with van der Waals surface area (Å²) in [6.07, 6.45) is 0. The lowest BCUT2D eigenvalue weighted by Gasteiger charge is -2.34. The number of rotatable bonds is 10. The standard InChI is InChI=1S/C15H23NO7P2/c1-6-21-24(17,22-7-2)15(12-16,23-25(18,19-4)20-5)14-10-8-9-13(3)11-14/h8-11H,6-7H2,1-5H3. The quantitative estimate of drug-likeness (QED) is 0.542. The fraction of sp³-hybridized carbons (Fsp3) is 0.533. The number of hydrogen-bond acceptors (Lipinski definition) is 8. The van der Waals surface area contributed by atoms with Crippen LogP contribution in [0, 0.1) is 18.3 Å². The van der Waals surface area contributed by atoms with Gasteiger partial charge in [0.2, 0.25) is 0 Å². The first-order chi connectivity index (χ1) is 11.8. The third-order valence-electron chi connectivity index (χ3n) is 3.24. The van der Waals surface area contributed by atoms with E-state index in [1.165, 1.54) is 6.07 Å². The lowest BCUT2D eigenvalue weighted by molar-refractivity contribution is 0.0737. The molecule has 0 aromatic heterocycles. The van der Waals surface area contributed by atoms with Gasteiger partial charge in [-0.1, -0.05) is 29.8 Å². The molecular weight excluding hydrogens is 368 g/mol. The maximum Gasteiger partial charge on any atom is 0.476 e. The third kappa shape index (κ3) is 4.58. The highest BCUT2D eigenvalue weighted by atomic mass is 31.2. The van der Waals surface area contributed by atoms with E-state index in [9.17, 15) is 14.4 Å². The van der Waals surface area contributed by atoms with Crippen molar-refractivity contribution in [3.63, 3.8) is 0 Å². The van der Waals surface area contributed by atoms with Gasteiger partial charge >= 0.3 is 15.4 Å². The largest absolute Gasteiger partial charge is 0.476 e. The molecule has 0 aliphatic carbocycles. The Morgan fingerprint density at radius 1 is 1.12 bits per heavy atom. The average Bonchev–Trinajstić information content (AvgIpc) is 2.60. The second kappa shape index (κ2) is 9.07. The lowest BCUT2D eigenvalue weighted by Crippen LogP contribution is -2.30. The number of benzene rings is 1. The van der Waals surface area contributed by atoms with Gasteiger partial charge in [-0.05, 0) is 20.8 Å². The Hall–Kier alpha value is -1.03. The van der Waals surface area contributed by atoms with Gasteiger partial charge < -0.3 is 9.05 Å². The zero-order chi connectivity index (χ0) is 19.1. The van der Waals surface area contributed by atoms with Crippen molar-refractivity contribution in [2.24, 2.45) is 0 Å². The Morgan fingerprint density at radius 3 is 2.08 bits per heavy atom. The molecule has 140 valence electrons. The van der Waals surface area contributed by atoms with Crippen LogP contribution in [0.15, 0.2) is 24.3 Å². The minimum atomic E-state index is -4.24. The summed E-state index contributed by atoms with van der Waals surface area (Å²) < 4.78 is 51.6. The van der Waals surface area contributed by atoms with Crippen molar-refractivity contribution in [3.05, 3.63) is 35.4 Å². The maximum absolute atomic E-state index is 13.5. The molecular formula is C15H23NO7P2. The van der Waals surface area contributed by atoms with Crippen LogP contribution in [-0.2, 0) is 37.1 Å². The van der Waals surface area contributed by atoms with E-state index in [-0.39, 0.29) is 18.8 Å². The molecule has 1 rings (SSSR count). The Kier molecular flexibility index (Phi) is 7.98. The monoisotopic (exact) mass is 391 g/mol. The Balaban J connectivity index is 3.72. The van der Waals surface area contributed by atoms with Crippen molar-refractivity contribution in [2.75, 3.05) is 27.4 Å². The average molecular weight is 391 g/mol.